The fourth-order valence-electron chi connectivity index (χ4n) is 1.74. The van der Waals surface area contributed by atoms with Gasteiger partial charge in [-0.1, -0.05) is 17.7 Å². The Morgan fingerprint density at radius 1 is 1.33 bits per heavy atom. The minimum atomic E-state index is 0.0217. The standard InChI is InChI=1S/C14H19N3S/c1-10-4-6-13(7-5-10)17(3)8-12-9-18-14(16-12)11(2)15/h4-7,9,11H,8,15H2,1-3H3. The summed E-state index contributed by atoms with van der Waals surface area (Å²) in [5, 5.41) is 3.09. The average Bonchev–Trinajstić information content (AvgIpc) is 2.78. The van der Waals surface area contributed by atoms with Crippen LogP contribution in [0, 0.1) is 6.92 Å². The van der Waals surface area contributed by atoms with Gasteiger partial charge in [-0.25, -0.2) is 4.98 Å². The smallest absolute Gasteiger partial charge is 0.109 e. The fraction of sp³-hybridized carbons (Fsp3) is 0.357. The summed E-state index contributed by atoms with van der Waals surface area (Å²) in [6.45, 7) is 4.87. The first-order valence-electron chi connectivity index (χ1n) is 6.04. The van der Waals surface area contributed by atoms with Crippen LogP contribution in [0.15, 0.2) is 29.6 Å². The molecule has 1 heterocycles. The van der Waals surface area contributed by atoms with Gasteiger partial charge in [-0.3, -0.25) is 0 Å². The molecule has 0 bridgehead atoms. The minimum absolute atomic E-state index is 0.0217. The first-order valence-corrected chi connectivity index (χ1v) is 6.92. The van der Waals surface area contributed by atoms with Crippen LogP contribution in [0.1, 0.15) is 29.2 Å². The number of hydrogen-bond donors (Lipinski definition) is 1. The largest absolute Gasteiger partial charge is 0.369 e. The Morgan fingerprint density at radius 2 is 2.00 bits per heavy atom. The van der Waals surface area contributed by atoms with Gasteiger partial charge in [-0.05, 0) is 26.0 Å². The third kappa shape index (κ3) is 3.09. The number of nitrogens with zero attached hydrogens (tertiary/aromatic N) is 2. The quantitative estimate of drug-likeness (QED) is 0.919. The summed E-state index contributed by atoms with van der Waals surface area (Å²) in [7, 11) is 2.08. The van der Waals surface area contributed by atoms with E-state index in [0.717, 1.165) is 17.2 Å². The van der Waals surface area contributed by atoms with Crippen molar-refractivity contribution in [1.29, 1.82) is 0 Å². The van der Waals surface area contributed by atoms with Crippen LogP contribution in [0.3, 0.4) is 0 Å². The van der Waals surface area contributed by atoms with E-state index < -0.39 is 0 Å². The second-order valence-electron chi connectivity index (χ2n) is 4.66. The van der Waals surface area contributed by atoms with E-state index in [2.05, 4.69) is 53.5 Å². The fourth-order valence-corrected chi connectivity index (χ4v) is 2.51. The van der Waals surface area contributed by atoms with Crippen LogP contribution in [-0.2, 0) is 6.54 Å². The van der Waals surface area contributed by atoms with Gasteiger partial charge in [0.2, 0.25) is 0 Å². The lowest BCUT2D eigenvalue weighted by Gasteiger charge is -2.18. The Labute approximate surface area is 112 Å². The Bertz CT molecular complexity index is 502. The van der Waals surface area contributed by atoms with Crippen LogP contribution in [-0.4, -0.2) is 12.0 Å². The summed E-state index contributed by atoms with van der Waals surface area (Å²) in [5.41, 5.74) is 9.38. The number of benzene rings is 1. The molecule has 0 radical (unpaired) electrons. The van der Waals surface area contributed by atoms with E-state index in [1.54, 1.807) is 11.3 Å². The molecule has 0 aliphatic heterocycles. The van der Waals surface area contributed by atoms with Crippen molar-refractivity contribution in [3.05, 3.63) is 45.9 Å². The van der Waals surface area contributed by atoms with Crippen molar-refractivity contribution in [2.24, 2.45) is 5.73 Å². The topological polar surface area (TPSA) is 42.1 Å². The summed E-state index contributed by atoms with van der Waals surface area (Å²) >= 11 is 1.63. The molecule has 0 aliphatic rings. The van der Waals surface area contributed by atoms with Gasteiger partial charge in [-0.15, -0.1) is 11.3 Å². The molecule has 1 atom stereocenters. The molecule has 96 valence electrons. The normalized spacial score (nSPS) is 12.4. The molecule has 1 aromatic heterocycles. The van der Waals surface area contributed by atoms with Gasteiger partial charge in [0.15, 0.2) is 0 Å². The summed E-state index contributed by atoms with van der Waals surface area (Å²) in [6.07, 6.45) is 0. The molecule has 1 aromatic carbocycles. The second-order valence-corrected chi connectivity index (χ2v) is 5.55. The van der Waals surface area contributed by atoms with E-state index in [4.69, 9.17) is 5.73 Å². The Morgan fingerprint density at radius 3 is 2.56 bits per heavy atom. The number of anilines is 1. The van der Waals surface area contributed by atoms with Gasteiger partial charge < -0.3 is 10.6 Å². The van der Waals surface area contributed by atoms with Crippen LogP contribution in [0.4, 0.5) is 5.69 Å². The van der Waals surface area contributed by atoms with E-state index in [-0.39, 0.29) is 6.04 Å². The van der Waals surface area contributed by atoms with Crippen molar-refractivity contribution >= 4 is 17.0 Å². The molecule has 0 saturated heterocycles. The molecule has 0 aliphatic carbocycles. The number of thiazole rings is 1. The van der Waals surface area contributed by atoms with Crippen molar-refractivity contribution in [3.63, 3.8) is 0 Å². The van der Waals surface area contributed by atoms with Crippen LogP contribution >= 0.6 is 11.3 Å². The van der Waals surface area contributed by atoms with Gasteiger partial charge in [0, 0.05) is 18.1 Å². The highest BCUT2D eigenvalue weighted by molar-refractivity contribution is 7.09. The summed E-state index contributed by atoms with van der Waals surface area (Å²) < 4.78 is 0. The lowest BCUT2D eigenvalue weighted by Crippen LogP contribution is -2.16. The van der Waals surface area contributed by atoms with Gasteiger partial charge >= 0.3 is 0 Å². The summed E-state index contributed by atoms with van der Waals surface area (Å²) in [5.74, 6) is 0. The number of aryl methyl sites for hydroxylation is 1. The monoisotopic (exact) mass is 261 g/mol. The molecular formula is C14H19N3S. The van der Waals surface area contributed by atoms with Crippen LogP contribution in [0.5, 0.6) is 0 Å². The Hall–Kier alpha value is -1.39. The number of hydrogen-bond acceptors (Lipinski definition) is 4. The SMILES string of the molecule is Cc1ccc(N(C)Cc2csc(C(C)N)n2)cc1. The van der Waals surface area contributed by atoms with Crippen LogP contribution in [0.2, 0.25) is 0 Å². The first kappa shape index (κ1) is 13.1. The van der Waals surface area contributed by atoms with Crippen LogP contribution in [0.25, 0.3) is 0 Å². The maximum absolute atomic E-state index is 5.82. The van der Waals surface area contributed by atoms with Crippen molar-refractivity contribution in [3.8, 4) is 0 Å². The van der Waals surface area contributed by atoms with Gasteiger partial charge in [0.05, 0.1) is 18.3 Å². The zero-order valence-corrected chi connectivity index (χ0v) is 11.9. The van der Waals surface area contributed by atoms with E-state index in [1.165, 1.54) is 11.3 Å². The lowest BCUT2D eigenvalue weighted by atomic mass is 10.2. The molecule has 2 N–H and O–H groups in total. The molecular weight excluding hydrogens is 242 g/mol. The minimum Gasteiger partial charge on any atom is -0.369 e. The highest BCUT2D eigenvalue weighted by Gasteiger charge is 2.08. The van der Waals surface area contributed by atoms with Crippen molar-refractivity contribution in [2.75, 3.05) is 11.9 Å². The lowest BCUT2D eigenvalue weighted by molar-refractivity contribution is 0.790. The predicted molar refractivity (Wildman–Crippen MR) is 78.0 cm³/mol. The Kier molecular flexibility index (Phi) is 3.99. The molecule has 2 rings (SSSR count). The molecule has 18 heavy (non-hydrogen) atoms. The van der Waals surface area contributed by atoms with Crippen molar-refractivity contribution in [1.82, 2.24) is 4.98 Å². The molecule has 1 unspecified atom stereocenters. The van der Waals surface area contributed by atoms with E-state index in [1.807, 2.05) is 6.92 Å². The molecule has 2 aromatic rings. The maximum atomic E-state index is 5.82. The maximum Gasteiger partial charge on any atom is 0.109 e. The van der Waals surface area contributed by atoms with Crippen LogP contribution < -0.4 is 10.6 Å². The van der Waals surface area contributed by atoms with E-state index in [9.17, 15) is 0 Å². The molecule has 0 spiro atoms. The predicted octanol–water partition coefficient (Wildman–Crippen LogP) is 3.11. The second kappa shape index (κ2) is 5.50. The molecule has 3 nitrogen and oxygen atoms in total. The van der Waals surface area contributed by atoms with E-state index >= 15 is 0 Å². The zero-order valence-electron chi connectivity index (χ0n) is 11.1. The van der Waals surface area contributed by atoms with E-state index in [0.29, 0.717) is 0 Å². The highest BCUT2D eigenvalue weighted by atomic mass is 32.1. The molecule has 0 fully saturated rings. The molecule has 4 heteroatoms. The molecule has 0 saturated carbocycles. The van der Waals surface area contributed by atoms with Gasteiger partial charge in [-0.2, -0.15) is 0 Å². The first-order chi connectivity index (χ1) is 8.56. The van der Waals surface area contributed by atoms with Crippen molar-refractivity contribution in [2.45, 2.75) is 26.4 Å². The highest BCUT2D eigenvalue weighted by Crippen LogP contribution is 2.19. The average molecular weight is 261 g/mol. The van der Waals surface area contributed by atoms with Gasteiger partial charge in [0.1, 0.15) is 5.01 Å². The van der Waals surface area contributed by atoms with Gasteiger partial charge in [0.25, 0.3) is 0 Å². The zero-order chi connectivity index (χ0) is 13.1. The van der Waals surface area contributed by atoms with Crippen molar-refractivity contribution < 1.29 is 0 Å². The number of aromatic nitrogens is 1. The molecule has 0 amide bonds. The third-order valence-corrected chi connectivity index (χ3v) is 3.93. The number of nitrogens with two attached hydrogens (primary N) is 1. The summed E-state index contributed by atoms with van der Waals surface area (Å²) in [6, 6.07) is 8.54. The number of rotatable bonds is 4. The third-order valence-electron chi connectivity index (χ3n) is 2.83. The Balaban J connectivity index is 2.06. The summed E-state index contributed by atoms with van der Waals surface area (Å²) in [4.78, 5) is 6.74.